The monoisotopic (exact) mass is 200 g/mol. The molecule has 2 atom stereocenters. The third-order valence-electron chi connectivity index (χ3n) is 2.15. The van der Waals surface area contributed by atoms with Crippen LogP contribution in [-0.4, -0.2) is 39.1 Å². The molecule has 1 heterocycles. The molecule has 0 bridgehead atoms. The molecule has 0 saturated heterocycles. The lowest BCUT2D eigenvalue weighted by Crippen LogP contribution is -2.44. The quantitative estimate of drug-likeness (QED) is 0.427. The van der Waals surface area contributed by atoms with Crippen molar-refractivity contribution in [1.29, 1.82) is 0 Å². The van der Waals surface area contributed by atoms with Gasteiger partial charge in [0.1, 0.15) is 4.85 Å². The van der Waals surface area contributed by atoms with Crippen LogP contribution in [0.2, 0.25) is 0 Å². The molecule has 0 spiro atoms. The summed E-state index contributed by atoms with van der Waals surface area (Å²) < 4.78 is 0. The maximum Gasteiger partial charge on any atom is 0.331 e. The molecule has 1 rings (SSSR count). The maximum atomic E-state index is 10.6. The molecule has 0 aromatic rings. The lowest BCUT2D eigenvalue weighted by atomic mass is 9.95. The Balaban J connectivity index is 2.84. The first-order valence-electron chi connectivity index (χ1n) is 4.46. The smallest absolute Gasteiger partial charge is 0.331 e. The molecule has 4 N–H and O–H groups in total. The van der Waals surface area contributed by atoms with Crippen LogP contribution in [-0.2, 0) is 4.79 Å². The number of hydrogen-bond donors (Lipinski definition) is 3. The van der Waals surface area contributed by atoms with E-state index in [1.807, 2.05) is 6.92 Å². The van der Waals surface area contributed by atoms with Crippen molar-refractivity contribution in [2.45, 2.75) is 25.8 Å². The summed E-state index contributed by atoms with van der Waals surface area (Å²) in [7, 11) is 0. The fourth-order valence-electron chi connectivity index (χ4n) is 1.45. The predicted octanol–water partition coefficient (Wildman–Crippen LogP) is -0.343. The van der Waals surface area contributed by atoms with Gasteiger partial charge >= 0.3 is 5.97 Å². The van der Waals surface area contributed by atoms with E-state index in [-0.39, 0.29) is 11.6 Å². The van der Waals surface area contributed by atoms with Crippen molar-refractivity contribution in [2.24, 2.45) is 16.8 Å². The summed E-state index contributed by atoms with van der Waals surface area (Å²) in [5.41, 5.74) is 5.65. The molecule has 6 heteroatoms. The first-order valence-corrected chi connectivity index (χ1v) is 4.46. The molecule has 6 nitrogen and oxygen atoms in total. The summed E-state index contributed by atoms with van der Waals surface area (Å²) in [5, 5.41) is 21.6. The van der Waals surface area contributed by atoms with Gasteiger partial charge in [-0.2, -0.15) is 0 Å². The van der Waals surface area contributed by atoms with Crippen LogP contribution in [0.25, 0.3) is 0 Å². The number of hydrogen-bond acceptors (Lipinski definition) is 4. The average Bonchev–Trinajstić information content (AvgIpc) is 2.47. The second-order valence-corrected chi connectivity index (χ2v) is 3.19. The summed E-state index contributed by atoms with van der Waals surface area (Å²) in [5.74, 6) is -1.33. The predicted molar refractivity (Wildman–Crippen MR) is 49.6 cm³/mol. The molecule has 1 aliphatic rings. The Hall–Kier alpha value is -1.43. The molecular formula is C8H14N3O3+. The number of carboxylic acid groups (broad SMARTS) is 1. The van der Waals surface area contributed by atoms with Crippen molar-refractivity contribution in [1.82, 2.24) is 0 Å². The van der Waals surface area contributed by atoms with Crippen LogP contribution in [0.1, 0.15) is 19.8 Å². The van der Waals surface area contributed by atoms with E-state index in [4.69, 9.17) is 10.8 Å². The Morgan fingerprint density at radius 2 is 2.50 bits per heavy atom. The van der Waals surface area contributed by atoms with E-state index in [9.17, 15) is 10.0 Å². The molecule has 0 aliphatic carbocycles. The van der Waals surface area contributed by atoms with Gasteiger partial charge in [0.05, 0.1) is 12.1 Å². The summed E-state index contributed by atoms with van der Waals surface area (Å²) in [6, 6.07) is -1.20. The average molecular weight is 200 g/mol. The van der Waals surface area contributed by atoms with E-state index < -0.39 is 12.0 Å². The van der Waals surface area contributed by atoms with E-state index in [2.05, 4.69) is 5.10 Å². The molecule has 0 aromatic carbocycles. The molecule has 1 aliphatic heterocycles. The highest BCUT2D eigenvalue weighted by molar-refractivity contribution is 6.10. The van der Waals surface area contributed by atoms with E-state index in [1.54, 1.807) is 0 Å². The second-order valence-electron chi connectivity index (χ2n) is 3.19. The maximum absolute atomic E-state index is 10.6. The lowest BCUT2D eigenvalue weighted by Gasteiger charge is -2.06. The zero-order chi connectivity index (χ0) is 10.7. The Labute approximate surface area is 81.3 Å². The number of carboxylic acids is 1. The fraction of sp³-hybridized carbons (Fsp3) is 0.625. The van der Waals surface area contributed by atoms with Gasteiger partial charge in [-0.1, -0.05) is 13.3 Å². The van der Waals surface area contributed by atoms with Crippen LogP contribution in [0.4, 0.5) is 0 Å². The van der Waals surface area contributed by atoms with Crippen molar-refractivity contribution < 1.29 is 20.0 Å². The minimum atomic E-state index is -1.20. The molecule has 0 aromatic heterocycles. The van der Waals surface area contributed by atoms with Crippen molar-refractivity contribution in [2.75, 3.05) is 0 Å². The van der Waals surface area contributed by atoms with Crippen LogP contribution in [0.5, 0.6) is 0 Å². The molecule has 78 valence electrons. The van der Waals surface area contributed by atoms with E-state index in [1.165, 1.54) is 6.21 Å². The number of aliphatic carboxylic acids is 1. The van der Waals surface area contributed by atoms with Crippen LogP contribution in [0.3, 0.4) is 0 Å². The van der Waals surface area contributed by atoms with Gasteiger partial charge < -0.3 is 10.8 Å². The highest BCUT2D eigenvalue weighted by atomic mass is 16.5. The van der Waals surface area contributed by atoms with Gasteiger partial charge in [0.25, 0.3) is 5.71 Å². The summed E-state index contributed by atoms with van der Waals surface area (Å²) >= 11 is 0. The second kappa shape index (κ2) is 4.19. The molecule has 14 heavy (non-hydrogen) atoms. The fourth-order valence-corrected chi connectivity index (χ4v) is 1.45. The van der Waals surface area contributed by atoms with Crippen LogP contribution in [0.15, 0.2) is 5.10 Å². The molecule has 0 amide bonds. The summed E-state index contributed by atoms with van der Waals surface area (Å²) in [4.78, 5) is 11.2. The molecule has 1 unspecified atom stereocenters. The standard InChI is InChI=1S/C8H13N3O3/c1-2-3-5-4-10-11(14)7(5)6(9)8(12)13/h4-6H,2-3,9H2,1H3,(H-,12,13,14)/p+1/t5?,6-/m1/s1. The van der Waals surface area contributed by atoms with E-state index in [0.717, 1.165) is 12.8 Å². The van der Waals surface area contributed by atoms with Gasteiger partial charge in [-0.25, -0.2) is 4.79 Å². The Morgan fingerprint density at radius 3 is 3.00 bits per heavy atom. The Bertz CT molecular complexity index is 298. The SMILES string of the molecule is CCCC1C=N[N+](O)=C1[C@@H](N)C(=O)O. The van der Waals surface area contributed by atoms with Crippen molar-refractivity contribution in [3.63, 3.8) is 0 Å². The van der Waals surface area contributed by atoms with Gasteiger partial charge in [0.2, 0.25) is 0 Å². The zero-order valence-electron chi connectivity index (χ0n) is 7.92. The minimum Gasteiger partial charge on any atom is -0.480 e. The number of nitrogens with zero attached hydrogens (tertiary/aromatic N) is 2. The normalized spacial score (nSPS) is 22.9. The van der Waals surface area contributed by atoms with Crippen LogP contribution in [0, 0.1) is 5.92 Å². The van der Waals surface area contributed by atoms with Gasteiger partial charge in [0, 0.05) is 5.10 Å². The number of carbonyl (C=O) groups is 1. The van der Waals surface area contributed by atoms with Gasteiger partial charge in [0.15, 0.2) is 6.04 Å². The third-order valence-corrected chi connectivity index (χ3v) is 2.15. The highest BCUT2D eigenvalue weighted by Gasteiger charge is 2.39. The number of rotatable bonds is 4. The molecule has 0 radical (unpaired) electrons. The number of nitrogens with two attached hydrogens (primary N) is 1. The first kappa shape index (κ1) is 10.6. The topological polar surface area (TPSA) is 98.9 Å². The summed E-state index contributed by atoms with van der Waals surface area (Å²) in [6.45, 7) is 1.97. The Kier molecular flexibility index (Phi) is 3.19. The minimum absolute atomic E-state index is 0.170. The first-order chi connectivity index (χ1) is 6.57. The van der Waals surface area contributed by atoms with Gasteiger partial charge in [-0.05, 0) is 6.42 Å². The van der Waals surface area contributed by atoms with Crippen molar-refractivity contribution in [3.8, 4) is 0 Å². The largest absolute Gasteiger partial charge is 0.480 e. The number of hydrazone groups is 1. The van der Waals surface area contributed by atoms with Crippen molar-refractivity contribution in [3.05, 3.63) is 0 Å². The van der Waals surface area contributed by atoms with Gasteiger partial charge in [-0.3, -0.25) is 5.21 Å². The van der Waals surface area contributed by atoms with Crippen LogP contribution < -0.4 is 5.73 Å². The molecular weight excluding hydrogens is 186 g/mol. The van der Waals surface area contributed by atoms with Crippen LogP contribution >= 0.6 is 0 Å². The lowest BCUT2D eigenvalue weighted by molar-refractivity contribution is -0.779. The highest BCUT2D eigenvalue weighted by Crippen LogP contribution is 2.13. The van der Waals surface area contributed by atoms with Gasteiger partial charge in [-0.15, -0.1) is 0 Å². The van der Waals surface area contributed by atoms with E-state index >= 15 is 0 Å². The Morgan fingerprint density at radius 1 is 1.86 bits per heavy atom. The third kappa shape index (κ3) is 1.90. The van der Waals surface area contributed by atoms with Crippen molar-refractivity contribution >= 4 is 17.9 Å². The molecule has 0 fully saturated rings. The summed E-state index contributed by atoms with van der Waals surface area (Å²) in [6.07, 6.45) is 3.12. The molecule has 0 saturated carbocycles. The van der Waals surface area contributed by atoms with E-state index in [0.29, 0.717) is 4.85 Å². The zero-order valence-corrected chi connectivity index (χ0v) is 7.92.